The fourth-order valence-electron chi connectivity index (χ4n) is 2.72. The topological polar surface area (TPSA) is 34.2 Å². The minimum atomic E-state index is 0.0681. The molecule has 3 nitrogen and oxygen atoms in total. The molecule has 1 aromatic heterocycles. The van der Waals surface area contributed by atoms with Gasteiger partial charge in [0.1, 0.15) is 5.82 Å². The molecule has 0 radical (unpaired) electrons. The van der Waals surface area contributed by atoms with Gasteiger partial charge in [0.2, 0.25) is 0 Å². The third kappa shape index (κ3) is 2.83. The van der Waals surface area contributed by atoms with Crippen LogP contribution in [0.1, 0.15) is 45.1 Å². The van der Waals surface area contributed by atoms with Crippen molar-refractivity contribution in [2.24, 2.45) is 0 Å². The first-order valence-corrected chi connectivity index (χ1v) is 7.01. The Morgan fingerprint density at radius 3 is 2.89 bits per heavy atom. The summed E-state index contributed by atoms with van der Waals surface area (Å²) in [6.45, 7) is 7.39. The highest BCUT2D eigenvalue weighted by Gasteiger charge is 2.34. The fourth-order valence-corrected chi connectivity index (χ4v) is 2.72. The van der Waals surface area contributed by atoms with Gasteiger partial charge in [-0.05, 0) is 44.2 Å². The van der Waals surface area contributed by atoms with Crippen molar-refractivity contribution in [2.75, 3.05) is 11.9 Å². The zero-order chi connectivity index (χ0) is 13.0. The van der Waals surface area contributed by atoms with Gasteiger partial charge < -0.3 is 10.1 Å². The first-order valence-electron chi connectivity index (χ1n) is 7.01. The molecular formula is C15H24N2O. The van der Waals surface area contributed by atoms with Crippen LogP contribution in [0.3, 0.4) is 0 Å². The second kappa shape index (κ2) is 5.70. The molecule has 1 aliphatic rings. The van der Waals surface area contributed by atoms with Crippen LogP contribution in [0.2, 0.25) is 0 Å². The second-order valence-electron chi connectivity index (χ2n) is 5.24. The average Bonchev–Trinajstić information content (AvgIpc) is 2.41. The number of anilines is 1. The molecule has 2 heterocycles. The summed E-state index contributed by atoms with van der Waals surface area (Å²) in [5.41, 5.74) is 1.28. The van der Waals surface area contributed by atoms with Gasteiger partial charge in [0.25, 0.3) is 0 Å². The molecule has 1 fully saturated rings. The Bertz CT molecular complexity index is 388. The van der Waals surface area contributed by atoms with Crippen LogP contribution in [0.4, 0.5) is 5.82 Å². The van der Waals surface area contributed by atoms with Crippen molar-refractivity contribution in [2.45, 2.75) is 58.1 Å². The highest BCUT2D eigenvalue weighted by atomic mass is 16.5. The average molecular weight is 248 g/mol. The highest BCUT2D eigenvalue weighted by molar-refractivity contribution is 5.43. The minimum Gasteiger partial charge on any atom is -0.375 e. The molecule has 0 aliphatic carbocycles. The lowest BCUT2D eigenvalue weighted by atomic mass is 9.86. The molecule has 1 atom stereocenters. The van der Waals surface area contributed by atoms with Crippen molar-refractivity contribution < 1.29 is 4.74 Å². The molecule has 3 heteroatoms. The zero-order valence-electron chi connectivity index (χ0n) is 11.7. The lowest BCUT2D eigenvalue weighted by Gasteiger charge is -2.40. The van der Waals surface area contributed by atoms with Gasteiger partial charge in [-0.3, -0.25) is 0 Å². The number of pyridine rings is 1. The SMILES string of the molecule is CCC1(CC)CC(Nc2ncccc2C)CCO1. The Hall–Kier alpha value is -1.09. The number of nitrogens with zero attached hydrogens (tertiary/aromatic N) is 1. The van der Waals surface area contributed by atoms with Crippen LogP contribution in [0, 0.1) is 6.92 Å². The van der Waals surface area contributed by atoms with Crippen LogP contribution in [0.5, 0.6) is 0 Å². The molecule has 2 rings (SSSR count). The van der Waals surface area contributed by atoms with E-state index in [9.17, 15) is 0 Å². The van der Waals surface area contributed by atoms with Gasteiger partial charge in [0.15, 0.2) is 0 Å². The number of hydrogen-bond donors (Lipinski definition) is 1. The smallest absolute Gasteiger partial charge is 0.129 e. The van der Waals surface area contributed by atoms with Gasteiger partial charge in [-0.2, -0.15) is 0 Å². The number of aryl methyl sites for hydroxylation is 1. The molecule has 1 unspecified atom stereocenters. The molecule has 0 amide bonds. The van der Waals surface area contributed by atoms with Crippen LogP contribution >= 0.6 is 0 Å². The molecule has 18 heavy (non-hydrogen) atoms. The van der Waals surface area contributed by atoms with E-state index in [1.165, 1.54) is 5.56 Å². The maximum Gasteiger partial charge on any atom is 0.129 e. The van der Waals surface area contributed by atoms with E-state index in [0.717, 1.165) is 38.1 Å². The minimum absolute atomic E-state index is 0.0681. The largest absolute Gasteiger partial charge is 0.375 e. The quantitative estimate of drug-likeness (QED) is 0.885. The number of hydrogen-bond acceptors (Lipinski definition) is 3. The molecule has 1 N–H and O–H groups in total. The lowest BCUT2D eigenvalue weighted by Crippen LogP contribution is -2.43. The molecule has 1 saturated heterocycles. The van der Waals surface area contributed by atoms with Crippen LogP contribution in [-0.4, -0.2) is 23.2 Å². The molecular weight excluding hydrogens is 224 g/mol. The monoisotopic (exact) mass is 248 g/mol. The Morgan fingerprint density at radius 2 is 2.22 bits per heavy atom. The van der Waals surface area contributed by atoms with Crippen molar-refractivity contribution >= 4 is 5.82 Å². The van der Waals surface area contributed by atoms with Crippen molar-refractivity contribution in [3.05, 3.63) is 23.9 Å². The van der Waals surface area contributed by atoms with Crippen LogP contribution < -0.4 is 5.32 Å². The van der Waals surface area contributed by atoms with E-state index in [4.69, 9.17) is 4.74 Å². The van der Waals surface area contributed by atoms with E-state index in [-0.39, 0.29) is 5.60 Å². The first kappa shape index (κ1) is 13.3. The summed E-state index contributed by atoms with van der Waals surface area (Å²) in [5, 5.41) is 3.58. The Morgan fingerprint density at radius 1 is 1.44 bits per heavy atom. The highest BCUT2D eigenvalue weighted by Crippen LogP contribution is 2.32. The Labute approximate surface area is 110 Å². The number of ether oxygens (including phenoxy) is 1. The number of rotatable bonds is 4. The summed E-state index contributed by atoms with van der Waals surface area (Å²) >= 11 is 0. The van der Waals surface area contributed by atoms with Crippen LogP contribution in [0.25, 0.3) is 0 Å². The van der Waals surface area contributed by atoms with Gasteiger partial charge in [-0.1, -0.05) is 19.9 Å². The van der Waals surface area contributed by atoms with Gasteiger partial charge in [0, 0.05) is 18.8 Å². The standard InChI is InChI=1S/C15H24N2O/c1-4-15(5-2)11-13(8-10-18-15)17-14-12(3)7-6-9-16-14/h6-7,9,13H,4-5,8,10-11H2,1-3H3,(H,16,17). The molecule has 0 saturated carbocycles. The zero-order valence-corrected chi connectivity index (χ0v) is 11.7. The van der Waals surface area contributed by atoms with Crippen LogP contribution in [-0.2, 0) is 4.74 Å². The molecule has 1 aliphatic heterocycles. The summed E-state index contributed by atoms with van der Waals surface area (Å²) in [6.07, 6.45) is 6.17. The second-order valence-corrected chi connectivity index (χ2v) is 5.24. The van der Waals surface area contributed by atoms with E-state index >= 15 is 0 Å². The Kier molecular flexibility index (Phi) is 4.23. The Balaban J connectivity index is 2.04. The molecule has 0 spiro atoms. The van der Waals surface area contributed by atoms with Crippen molar-refractivity contribution in [3.8, 4) is 0 Å². The number of nitrogens with one attached hydrogen (secondary N) is 1. The third-order valence-corrected chi connectivity index (χ3v) is 4.13. The van der Waals surface area contributed by atoms with Crippen molar-refractivity contribution in [1.82, 2.24) is 4.98 Å². The van der Waals surface area contributed by atoms with E-state index in [1.807, 2.05) is 12.3 Å². The normalized spacial score (nSPS) is 22.7. The predicted octanol–water partition coefficient (Wildman–Crippen LogP) is 3.54. The van der Waals surface area contributed by atoms with Crippen molar-refractivity contribution in [3.63, 3.8) is 0 Å². The van der Waals surface area contributed by atoms with E-state index < -0.39 is 0 Å². The summed E-state index contributed by atoms with van der Waals surface area (Å²) in [6, 6.07) is 4.56. The molecule has 1 aromatic rings. The maximum absolute atomic E-state index is 6.00. The number of aromatic nitrogens is 1. The maximum atomic E-state index is 6.00. The van der Waals surface area contributed by atoms with Gasteiger partial charge in [-0.15, -0.1) is 0 Å². The summed E-state index contributed by atoms with van der Waals surface area (Å²) in [5.74, 6) is 1.02. The van der Waals surface area contributed by atoms with Gasteiger partial charge >= 0.3 is 0 Å². The fraction of sp³-hybridized carbons (Fsp3) is 0.667. The van der Waals surface area contributed by atoms with Gasteiger partial charge in [-0.25, -0.2) is 4.98 Å². The van der Waals surface area contributed by atoms with E-state index in [2.05, 4.69) is 37.1 Å². The summed E-state index contributed by atoms with van der Waals surface area (Å²) in [7, 11) is 0. The predicted molar refractivity (Wildman–Crippen MR) is 74.9 cm³/mol. The van der Waals surface area contributed by atoms with E-state index in [1.54, 1.807) is 0 Å². The first-order chi connectivity index (χ1) is 8.69. The molecule has 0 aromatic carbocycles. The molecule has 100 valence electrons. The van der Waals surface area contributed by atoms with Crippen molar-refractivity contribution in [1.29, 1.82) is 0 Å². The van der Waals surface area contributed by atoms with Crippen LogP contribution in [0.15, 0.2) is 18.3 Å². The van der Waals surface area contributed by atoms with Gasteiger partial charge in [0.05, 0.1) is 5.60 Å². The summed E-state index contributed by atoms with van der Waals surface area (Å²) in [4.78, 5) is 4.42. The van der Waals surface area contributed by atoms with E-state index in [0.29, 0.717) is 6.04 Å². The lowest BCUT2D eigenvalue weighted by molar-refractivity contribution is -0.0864. The molecule has 0 bridgehead atoms. The summed E-state index contributed by atoms with van der Waals surface area (Å²) < 4.78 is 6.00. The third-order valence-electron chi connectivity index (χ3n) is 4.13.